The van der Waals surface area contributed by atoms with Gasteiger partial charge < -0.3 is 5.32 Å². The molecule has 0 unspecified atom stereocenters. The maximum Gasteiger partial charge on any atom is 0.270 e. The monoisotopic (exact) mass is 419 g/mol. The average Bonchev–Trinajstić information content (AvgIpc) is 3.10. The zero-order valence-corrected chi connectivity index (χ0v) is 16.8. The third-order valence-corrected chi connectivity index (χ3v) is 5.87. The fraction of sp³-hybridized carbons (Fsp3) is 0.353. The predicted molar refractivity (Wildman–Crippen MR) is 107 cm³/mol. The van der Waals surface area contributed by atoms with E-state index in [1.54, 1.807) is 17.8 Å². The highest BCUT2D eigenvalue weighted by atomic mass is 32.2. The Balaban J connectivity index is 1.74. The minimum absolute atomic E-state index is 0.0446. The van der Waals surface area contributed by atoms with Crippen LogP contribution in [-0.4, -0.2) is 46.2 Å². The van der Waals surface area contributed by atoms with Crippen molar-refractivity contribution in [2.24, 2.45) is 0 Å². The highest BCUT2D eigenvalue weighted by molar-refractivity contribution is 7.89. The SMILES string of the molecule is CCCNc1ncnc2c1cnn2CCNS(=O)(=O)c1cc([N+](=O)[O-])ccc1C. The van der Waals surface area contributed by atoms with Crippen LogP contribution in [0.2, 0.25) is 0 Å². The molecule has 0 aliphatic carbocycles. The Morgan fingerprint density at radius 2 is 2.03 bits per heavy atom. The number of nitrogens with zero attached hydrogens (tertiary/aromatic N) is 5. The molecular formula is C17H21N7O4S. The normalized spacial score (nSPS) is 11.7. The van der Waals surface area contributed by atoms with E-state index in [2.05, 4.69) is 25.1 Å². The Kier molecular flexibility index (Phi) is 6.03. The van der Waals surface area contributed by atoms with Crippen LogP contribution in [0.4, 0.5) is 11.5 Å². The number of sulfonamides is 1. The van der Waals surface area contributed by atoms with E-state index in [0.717, 1.165) is 24.4 Å². The zero-order valence-electron chi connectivity index (χ0n) is 16.0. The van der Waals surface area contributed by atoms with E-state index >= 15 is 0 Å². The van der Waals surface area contributed by atoms with Crippen molar-refractivity contribution in [2.45, 2.75) is 31.7 Å². The molecule has 0 radical (unpaired) electrons. The summed E-state index contributed by atoms with van der Waals surface area (Å²) in [5.74, 6) is 0.677. The Labute approximate surface area is 167 Å². The van der Waals surface area contributed by atoms with Gasteiger partial charge in [-0.1, -0.05) is 13.0 Å². The second-order valence-corrected chi connectivity index (χ2v) is 8.09. The summed E-state index contributed by atoms with van der Waals surface area (Å²) in [6.45, 7) is 4.68. The lowest BCUT2D eigenvalue weighted by molar-refractivity contribution is -0.385. The summed E-state index contributed by atoms with van der Waals surface area (Å²) >= 11 is 0. The molecule has 0 aliphatic rings. The lowest BCUT2D eigenvalue weighted by Crippen LogP contribution is -2.28. The fourth-order valence-corrected chi connectivity index (χ4v) is 4.08. The van der Waals surface area contributed by atoms with Crippen LogP contribution < -0.4 is 10.0 Å². The van der Waals surface area contributed by atoms with Gasteiger partial charge in [-0.05, 0) is 18.9 Å². The first-order valence-electron chi connectivity index (χ1n) is 8.98. The molecule has 1 aromatic carbocycles. The first-order valence-corrected chi connectivity index (χ1v) is 10.5. The fourth-order valence-electron chi connectivity index (χ4n) is 2.80. The van der Waals surface area contributed by atoms with Gasteiger partial charge in [0.25, 0.3) is 5.69 Å². The molecule has 29 heavy (non-hydrogen) atoms. The second kappa shape index (κ2) is 8.49. The lowest BCUT2D eigenvalue weighted by Gasteiger charge is -2.10. The number of aromatic nitrogens is 4. The van der Waals surface area contributed by atoms with E-state index in [1.807, 2.05) is 6.92 Å². The van der Waals surface area contributed by atoms with Crippen LogP contribution in [0.3, 0.4) is 0 Å². The maximum atomic E-state index is 12.6. The van der Waals surface area contributed by atoms with Crippen molar-refractivity contribution in [1.82, 2.24) is 24.5 Å². The number of rotatable bonds is 9. The molecule has 0 fully saturated rings. The van der Waals surface area contributed by atoms with Gasteiger partial charge in [-0.25, -0.2) is 27.8 Å². The third kappa shape index (κ3) is 4.49. The molecule has 3 aromatic rings. The summed E-state index contributed by atoms with van der Waals surface area (Å²) in [6, 6.07) is 3.74. The van der Waals surface area contributed by atoms with Gasteiger partial charge in [-0.2, -0.15) is 5.10 Å². The topological polar surface area (TPSA) is 145 Å². The molecule has 0 amide bonds. The first-order chi connectivity index (χ1) is 13.8. The summed E-state index contributed by atoms with van der Waals surface area (Å²) in [7, 11) is -3.91. The van der Waals surface area contributed by atoms with Gasteiger partial charge in [-0.15, -0.1) is 0 Å². The van der Waals surface area contributed by atoms with Crippen molar-refractivity contribution in [3.63, 3.8) is 0 Å². The van der Waals surface area contributed by atoms with Gasteiger partial charge in [0.2, 0.25) is 10.0 Å². The molecular weight excluding hydrogens is 398 g/mol. The molecule has 0 bridgehead atoms. The molecule has 154 valence electrons. The molecule has 0 aliphatic heterocycles. The van der Waals surface area contributed by atoms with Gasteiger partial charge in [0.15, 0.2) is 5.65 Å². The quantitative estimate of drug-likeness (QED) is 0.395. The number of benzene rings is 1. The number of nitro benzene ring substituents is 1. The Morgan fingerprint density at radius 3 is 2.76 bits per heavy atom. The number of nitro groups is 1. The molecule has 0 saturated heterocycles. The molecule has 0 saturated carbocycles. The van der Waals surface area contributed by atoms with Crippen molar-refractivity contribution < 1.29 is 13.3 Å². The van der Waals surface area contributed by atoms with Crippen LogP contribution in [0.1, 0.15) is 18.9 Å². The maximum absolute atomic E-state index is 12.6. The summed E-state index contributed by atoms with van der Waals surface area (Å²) < 4.78 is 29.2. The minimum Gasteiger partial charge on any atom is -0.369 e. The van der Waals surface area contributed by atoms with E-state index in [0.29, 0.717) is 17.0 Å². The van der Waals surface area contributed by atoms with E-state index < -0.39 is 14.9 Å². The predicted octanol–water partition coefficient (Wildman–Crippen LogP) is 1.84. The molecule has 2 heterocycles. The summed E-state index contributed by atoms with van der Waals surface area (Å²) in [5.41, 5.74) is 0.731. The van der Waals surface area contributed by atoms with Gasteiger partial charge in [-0.3, -0.25) is 10.1 Å². The average molecular weight is 419 g/mol. The van der Waals surface area contributed by atoms with Crippen molar-refractivity contribution in [3.8, 4) is 0 Å². The Morgan fingerprint density at radius 1 is 1.24 bits per heavy atom. The second-order valence-electron chi connectivity index (χ2n) is 6.36. The lowest BCUT2D eigenvalue weighted by atomic mass is 10.2. The van der Waals surface area contributed by atoms with Gasteiger partial charge in [0.05, 0.1) is 27.9 Å². The minimum atomic E-state index is -3.91. The summed E-state index contributed by atoms with van der Waals surface area (Å²) in [6.07, 6.45) is 4.00. The highest BCUT2D eigenvalue weighted by Gasteiger charge is 2.20. The molecule has 2 N–H and O–H groups in total. The number of anilines is 1. The molecule has 0 spiro atoms. The Hall–Kier alpha value is -3.12. The largest absolute Gasteiger partial charge is 0.369 e. The van der Waals surface area contributed by atoms with Crippen LogP contribution in [0.5, 0.6) is 0 Å². The van der Waals surface area contributed by atoms with Gasteiger partial charge in [0.1, 0.15) is 12.1 Å². The van der Waals surface area contributed by atoms with Crippen molar-refractivity contribution in [1.29, 1.82) is 0 Å². The number of aryl methyl sites for hydroxylation is 1. The molecule has 0 atom stereocenters. The highest BCUT2D eigenvalue weighted by Crippen LogP contribution is 2.22. The van der Waals surface area contributed by atoms with E-state index in [9.17, 15) is 18.5 Å². The van der Waals surface area contributed by atoms with E-state index in [1.165, 1.54) is 18.5 Å². The van der Waals surface area contributed by atoms with Crippen molar-refractivity contribution in [3.05, 3.63) is 46.4 Å². The standard InChI is InChI=1S/C17H21N7O4S/c1-3-6-18-16-14-10-21-23(17(14)20-11-19-16)8-7-22-29(27,28)15-9-13(24(25)26)5-4-12(15)2/h4-5,9-11,22H,3,6-8H2,1-2H3,(H,18,19,20). The number of hydrogen-bond acceptors (Lipinski definition) is 8. The Bertz CT molecular complexity index is 1140. The van der Waals surface area contributed by atoms with Gasteiger partial charge >= 0.3 is 0 Å². The molecule has 2 aromatic heterocycles. The van der Waals surface area contributed by atoms with Crippen LogP contribution in [-0.2, 0) is 16.6 Å². The van der Waals surface area contributed by atoms with Crippen LogP contribution in [0.25, 0.3) is 11.0 Å². The van der Waals surface area contributed by atoms with Crippen molar-refractivity contribution in [2.75, 3.05) is 18.4 Å². The third-order valence-electron chi connectivity index (χ3n) is 4.26. The van der Waals surface area contributed by atoms with Crippen LogP contribution in [0.15, 0.2) is 35.6 Å². The number of non-ortho nitro benzene ring substituents is 1. The van der Waals surface area contributed by atoms with Crippen molar-refractivity contribution >= 4 is 32.6 Å². The van der Waals surface area contributed by atoms with Crippen LogP contribution >= 0.6 is 0 Å². The van der Waals surface area contributed by atoms with E-state index in [-0.39, 0.29) is 23.7 Å². The summed E-state index contributed by atoms with van der Waals surface area (Å²) in [5, 5.41) is 19.2. The number of fused-ring (bicyclic) bond motifs is 1. The molecule has 12 heteroatoms. The zero-order chi connectivity index (χ0) is 21.0. The first kappa shape index (κ1) is 20.6. The van der Waals surface area contributed by atoms with E-state index in [4.69, 9.17) is 0 Å². The number of hydrogen-bond donors (Lipinski definition) is 2. The number of nitrogens with one attached hydrogen (secondary N) is 2. The smallest absolute Gasteiger partial charge is 0.270 e. The molecule has 3 rings (SSSR count). The van der Waals surface area contributed by atoms with Crippen LogP contribution in [0, 0.1) is 17.0 Å². The molecule has 11 nitrogen and oxygen atoms in total. The van der Waals surface area contributed by atoms with Gasteiger partial charge in [0, 0.05) is 25.2 Å². The summed E-state index contributed by atoms with van der Waals surface area (Å²) in [4.78, 5) is 18.6.